The molecule has 0 aliphatic heterocycles. The molecule has 0 fully saturated rings. The first-order valence-electron chi connectivity index (χ1n) is 10.4. The topological polar surface area (TPSA) is 77.4 Å². The van der Waals surface area contributed by atoms with Crippen molar-refractivity contribution in [3.63, 3.8) is 0 Å². The van der Waals surface area contributed by atoms with Gasteiger partial charge in [0.05, 0.1) is 10.6 Å². The van der Waals surface area contributed by atoms with Crippen LogP contribution in [0, 0.1) is 0 Å². The van der Waals surface area contributed by atoms with Crippen molar-refractivity contribution < 1.29 is 14.3 Å². The lowest BCUT2D eigenvalue weighted by molar-refractivity contribution is 0.0500. The molecule has 0 radical (unpaired) electrons. The van der Waals surface area contributed by atoms with Gasteiger partial charge in [-0.2, -0.15) is 0 Å². The molecule has 10 heteroatoms. The molecule has 0 unspecified atom stereocenters. The maximum atomic E-state index is 12.9. The summed E-state index contributed by atoms with van der Waals surface area (Å²) in [6.07, 6.45) is 4.05. The third-order valence-electron chi connectivity index (χ3n) is 4.11. The Kier molecular flexibility index (Phi) is 9.05. The average molecular weight is 483 g/mol. The summed E-state index contributed by atoms with van der Waals surface area (Å²) in [6, 6.07) is 3.00. The normalized spacial score (nSPS) is 12.1. The van der Waals surface area contributed by atoms with Crippen molar-refractivity contribution in [3.8, 4) is 10.6 Å². The van der Waals surface area contributed by atoms with Gasteiger partial charge < -0.3 is 9.47 Å². The Morgan fingerprint density at radius 1 is 1.26 bits per heavy atom. The van der Waals surface area contributed by atoms with Crippen LogP contribution in [-0.2, 0) is 15.9 Å². The minimum absolute atomic E-state index is 0.104. The molecule has 7 nitrogen and oxygen atoms in total. The van der Waals surface area contributed by atoms with Crippen LogP contribution in [0.2, 0.25) is 25.7 Å². The number of carbonyl (C=O) groups is 1. The number of amides is 1. The van der Waals surface area contributed by atoms with Gasteiger partial charge in [0.25, 0.3) is 0 Å². The lowest BCUT2D eigenvalue weighted by atomic mass is 10.2. The summed E-state index contributed by atoms with van der Waals surface area (Å²) < 4.78 is 11.4. The molecule has 2 aromatic heterocycles. The molecular formula is C21H34N4O3S2Si. The minimum Gasteiger partial charge on any atom is -0.443 e. The van der Waals surface area contributed by atoms with Gasteiger partial charge in [0.2, 0.25) is 0 Å². The second kappa shape index (κ2) is 10.9. The summed E-state index contributed by atoms with van der Waals surface area (Å²) >= 11 is 2.90. The first-order chi connectivity index (χ1) is 14.4. The number of hydrogen-bond acceptors (Lipinski definition) is 8. The summed E-state index contributed by atoms with van der Waals surface area (Å²) in [4.78, 5) is 28.8. The van der Waals surface area contributed by atoms with E-state index in [0.717, 1.165) is 33.9 Å². The quantitative estimate of drug-likeness (QED) is 0.144. The molecule has 0 aliphatic carbocycles. The van der Waals surface area contributed by atoms with Crippen LogP contribution in [0.4, 0.5) is 9.93 Å². The molecule has 2 aromatic rings. The number of carbonyl (C=O) groups excluding carboxylic acids is 1. The zero-order valence-electron chi connectivity index (χ0n) is 19.8. The van der Waals surface area contributed by atoms with E-state index in [1.807, 2.05) is 33.1 Å². The zero-order valence-corrected chi connectivity index (χ0v) is 22.4. The fourth-order valence-electron chi connectivity index (χ4n) is 2.42. The number of nitrogens with zero attached hydrogens (tertiary/aromatic N) is 4. The number of aryl methyl sites for hydroxylation is 1. The van der Waals surface area contributed by atoms with Crippen molar-refractivity contribution in [2.75, 3.05) is 24.5 Å². The van der Waals surface area contributed by atoms with Crippen LogP contribution in [0.15, 0.2) is 17.4 Å². The number of thiazole rings is 1. The fourth-order valence-corrected chi connectivity index (χ4v) is 4.43. The van der Waals surface area contributed by atoms with E-state index in [4.69, 9.17) is 9.47 Å². The summed E-state index contributed by atoms with van der Waals surface area (Å²) in [5, 5.41) is 1.25. The third kappa shape index (κ3) is 8.51. The van der Waals surface area contributed by atoms with E-state index in [1.165, 1.54) is 28.0 Å². The van der Waals surface area contributed by atoms with E-state index in [0.29, 0.717) is 11.7 Å². The van der Waals surface area contributed by atoms with Gasteiger partial charge in [0, 0.05) is 26.6 Å². The average Bonchev–Trinajstić information content (AvgIpc) is 3.14. The molecule has 0 aliphatic rings. The Hall–Kier alpha value is -1.49. The summed E-state index contributed by atoms with van der Waals surface area (Å²) in [5.74, 6) is 0. The molecule has 0 bridgehead atoms. The molecule has 0 spiro atoms. The van der Waals surface area contributed by atoms with E-state index >= 15 is 0 Å². The number of thioether (sulfide) groups is 1. The van der Waals surface area contributed by atoms with Crippen LogP contribution in [-0.4, -0.2) is 54.3 Å². The second-order valence-electron chi connectivity index (χ2n) is 9.35. The smallest absolute Gasteiger partial charge is 0.418 e. The molecule has 2 heterocycles. The standard InChI is InChI=1S/C21H34N4O3S2Si/c1-9-15-12-16(24-18(23-15)29-5)17-13-22-19(30-17)25(20(26)28-21(2,3)4)14-27-10-11-31(6,7)8/h12-13H,9-11,14H2,1-8H3. The maximum Gasteiger partial charge on any atom is 0.418 e. The van der Waals surface area contributed by atoms with Crippen LogP contribution >= 0.6 is 23.1 Å². The van der Waals surface area contributed by atoms with Gasteiger partial charge in [0.15, 0.2) is 10.3 Å². The van der Waals surface area contributed by atoms with Crippen molar-refractivity contribution in [3.05, 3.63) is 18.0 Å². The molecule has 0 aromatic carbocycles. The molecule has 0 saturated heterocycles. The molecule has 172 valence electrons. The Balaban J connectivity index is 2.26. The maximum absolute atomic E-state index is 12.9. The van der Waals surface area contributed by atoms with Gasteiger partial charge in [-0.25, -0.2) is 24.6 Å². The zero-order chi connectivity index (χ0) is 23.2. The van der Waals surface area contributed by atoms with E-state index in [2.05, 4.69) is 41.5 Å². The van der Waals surface area contributed by atoms with Gasteiger partial charge in [-0.15, -0.1) is 0 Å². The highest BCUT2D eigenvalue weighted by molar-refractivity contribution is 7.98. The highest BCUT2D eigenvalue weighted by Crippen LogP contribution is 2.32. The number of aromatic nitrogens is 3. The van der Waals surface area contributed by atoms with E-state index in [-0.39, 0.29) is 6.73 Å². The van der Waals surface area contributed by atoms with Crippen molar-refractivity contribution in [1.82, 2.24) is 15.0 Å². The van der Waals surface area contributed by atoms with E-state index < -0.39 is 19.8 Å². The van der Waals surface area contributed by atoms with Gasteiger partial charge >= 0.3 is 6.09 Å². The van der Waals surface area contributed by atoms with Crippen LogP contribution in [0.1, 0.15) is 33.4 Å². The predicted octanol–water partition coefficient (Wildman–Crippen LogP) is 5.94. The number of anilines is 1. The molecule has 2 rings (SSSR count). The van der Waals surface area contributed by atoms with Crippen molar-refractivity contribution >= 4 is 42.4 Å². The Labute approximate surface area is 195 Å². The van der Waals surface area contributed by atoms with Crippen molar-refractivity contribution in [2.45, 2.75) is 70.6 Å². The molecule has 0 atom stereocenters. The Morgan fingerprint density at radius 2 is 1.97 bits per heavy atom. The molecule has 0 saturated carbocycles. The van der Waals surface area contributed by atoms with Crippen LogP contribution in [0.3, 0.4) is 0 Å². The lowest BCUT2D eigenvalue weighted by Crippen LogP contribution is -2.38. The highest BCUT2D eigenvalue weighted by Gasteiger charge is 2.26. The summed E-state index contributed by atoms with van der Waals surface area (Å²) in [6.45, 7) is 15.2. The molecule has 1 amide bonds. The fraction of sp³-hybridized carbons (Fsp3) is 0.619. The number of ether oxygens (including phenoxy) is 2. The van der Waals surface area contributed by atoms with E-state index in [9.17, 15) is 4.79 Å². The Morgan fingerprint density at radius 3 is 2.55 bits per heavy atom. The third-order valence-corrected chi connectivity index (χ3v) is 7.41. The van der Waals surface area contributed by atoms with Gasteiger partial charge in [-0.05, 0) is 45.6 Å². The van der Waals surface area contributed by atoms with Crippen molar-refractivity contribution in [2.24, 2.45) is 0 Å². The first-order valence-corrected chi connectivity index (χ1v) is 16.1. The largest absolute Gasteiger partial charge is 0.443 e. The molecular weight excluding hydrogens is 448 g/mol. The van der Waals surface area contributed by atoms with Gasteiger partial charge in [-0.1, -0.05) is 49.7 Å². The lowest BCUT2D eigenvalue weighted by Gasteiger charge is -2.26. The monoisotopic (exact) mass is 482 g/mol. The SMILES string of the molecule is CCc1cc(-c2cnc(N(COCC[Si](C)(C)C)C(=O)OC(C)(C)C)s2)nc(SC)n1. The predicted molar refractivity (Wildman–Crippen MR) is 132 cm³/mol. The first kappa shape index (κ1) is 25.8. The van der Waals surface area contributed by atoms with Crippen molar-refractivity contribution in [1.29, 1.82) is 0 Å². The molecule has 0 N–H and O–H groups in total. The number of hydrogen-bond donors (Lipinski definition) is 0. The number of rotatable bonds is 9. The van der Waals surface area contributed by atoms with Gasteiger partial charge in [-0.3, -0.25) is 0 Å². The van der Waals surface area contributed by atoms with Crippen LogP contribution in [0.25, 0.3) is 10.6 Å². The minimum atomic E-state index is -1.22. The highest BCUT2D eigenvalue weighted by atomic mass is 32.2. The summed E-state index contributed by atoms with van der Waals surface area (Å²) in [7, 11) is -1.22. The summed E-state index contributed by atoms with van der Waals surface area (Å²) in [5.41, 5.74) is 1.18. The van der Waals surface area contributed by atoms with E-state index in [1.54, 1.807) is 6.20 Å². The van der Waals surface area contributed by atoms with Crippen LogP contribution < -0.4 is 4.90 Å². The van der Waals surface area contributed by atoms with Gasteiger partial charge in [0.1, 0.15) is 12.3 Å². The Bertz CT molecular complexity index is 856. The van der Waals surface area contributed by atoms with Crippen LogP contribution in [0.5, 0.6) is 0 Å². The second-order valence-corrected chi connectivity index (χ2v) is 16.8. The molecule has 31 heavy (non-hydrogen) atoms.